The Morgan fingerprint density at radius 1 is 1.33 bits per heavy atom. The van der Waals surface area contributed by atoms with Crippen LogP contribution in [-0.4, -0.2) is 19.1 Å². The quantitative estimate of drug-likeness (QED) is 0.886. The van der Waals surface area contributed by atoms with Crippen molar-refractivity contribution in [3.8, 4) is 0 Å². The monoisotopic (exact) mass is 314 g/mol. The van der Waals surface area contributed by atoms with Crippen LogP contribution in [0, 0.1) is 0 Å². The molecule has 0 bridgehead atoms. The Kier molecular flexibility index (Phi) is 4.28. The van der Waals surface area contributed by atoms with Crippen molar-refractivity contribution in [2.45, 2.75) is 38.4 Å². The molecule has 0 amide bonds. The van der Waals surface area contributed by atoms with Crippen LogP contribution >= 0.6 is 15.9 Å². The molecule has 2 N–H and O–H groups in total. The van der Waals surface area contributed by atoms with Gasteiger partial charge in [0.15, 0.2) is 0 Å². The summed E-state index contributed by atoms with van der Waals surface area (Å²) >= 11 is 3.52. The molecular weight excluding hydrogens is 295 g/mol. The second-order valence-corrected chi connectivity index (χ2v) is 6.19. The van der Waals surface area contributed by atoms with Crippen molar-refractivity contribution in [1.82, 2.24) is 5.32 Å². The molecule has 1 aliphatic heterocycles. The van der Waals surface area contributed by atoms with Gasteiger partial charge in [0.25, 0.3) is 0 Å². The van der Waals surface area contributed by atoms with E-state index < -0.39 is 5.67 Å². The second-order valence-electron chi connectivity index (χ2n) is 5.34. The number of alkyl halides is 1. The van der Waals surface area contributed by atoms with Gasteiger partial charge in [-0.2, -0.15) is 0 Å². The van der Waals surface area contributed by atoms with E-state index in [1.165, 1.54) is 0 Å². The van der Waals surface area contributed by atoms with Crippen LogP contribution in [0.25, 0.3) is 0 Å². The van der Waals surface area contributed by atoms with Gasteiger partial charge in [-0.05, 0) is 73.4 Å². The zero-order valence-corrected chi connectivity index (χ0v) is 12.5. The minimum atomic E-state index is -1.30. The average molecular weight is 315 g/mol. The molecule has 0 spiro atoms. The van der Waals surface area contributed by atoms with Crippen LogP contribution in [0.3, 0.4) is 0 Å². The van der Waals surface area contributed by atoms with Crippen molar-refractivity contribution in [2.24, 2.45) is 0 Å². The van der Waals surface area contributed by atoms with Crippen LogP contribution in [0.5, 0.6) is 0 Å². The Morgan fingerprint density at radius 3 is 2.56 bits per heavy atom. The highest BCUT2D eigenvalue weighted by Crippen LogP contribution is 2.31. The first kappa shape index (κ1) is 13.8. The van der Waals surface area contributed by atoms with E-state index in [1.54, 1.807) is 13.8 Å². The van der Waals surface area contributed by atoms with Crippen molar-refractivity contribution in [3.63, 3.8) is 0 Å². The summed E-state index contributed by atoms with van der Waals surface area (Å²) in [6.45, 7) is 5.28. The average Bonchev–Trinajstić information content (AvgIpc) is 2.32. The SMILES string of the molecule is CC(C)(F)c1ccc(NC2CCNCC2)c(Br)c1. The number of rotatable bonds is 3. The lowest BCUT2D eigenvalue weighted by molar-refractivity contribution is 0.221. The minimum Gasteiger partial charge on any atom is -0.381 e. The summed E-state index contributed by atoms with van der Waals surface area (Å²) in [6, 6.07) is 6.19. The highest BCUT2D eigenvalue weighted by Gasteiger charge is 2.20. The minimum absolute atomic E-state index is 0.506. The van der Waals surface area contributed by atoms with E-state index in [1.807, 2.05) is 18.2 Å². The van der Waals surface area contributed by atoms with Crippen LogP contribution in [0.1, 0.15) is 32.3 Å². The summed E-state index contributed by atoms with van der Waals surface area (Å²) in [4.78, 5) is 0. The predicted molar refractivity (Wildman–Crippen MR) is 77.8 cm³/mol. The number of hydrogen-bond donors (Lipinski definition) is 2. The molecule has 0 atom stereocenters. The van der Waals surface area contributed by atoms with Gasteiger partial charge in [-0.3, -0.25) is 0 Å². The first-order valence-electron chi connectivity index (χ1n) is 6.43. The van der Waals surface area contributed by atoms with E-state index in [2.05, 4.69) is 26.6 Å². The second kappa shape index (κ2) is 5.57. The van der Waals surface area contributed by atoms with Crippen molar-refractivity contribution in [1.29, 1.82) is 0 Å². The topological polar surface area (TPSA) is 24.1 Å². The lowest BCUT2D eigenvalue weighted by atomic mass is 9.99. The molecule has 0 radical (unpaired) electrons. The maximum absolute atomic E-state index is 13.8. The molecule has 1 aliphatic rings. The summed E-state index contributed by atoms with van der Waals surface area (Å²) in [7, 11) is 0. The van der Waals surface area contributed by atoms with Gasteiger partial charge < -0.3 is 10.6 Å². The fourth-order valence-electron chi connectivity index (χ4n) is 2.19. The van der Waals surface area contributed by atoms with Gasteiger partial charge >= 0.3 is 0 Å². The van der Waals surface area contributed by atoms with Crippen LogP contribution < -0.4 is 10.6 Å². The summed E-state index contributed by atoms with van der Waals surface area (Å²) in [5.41, 5.74) is 0.454. The summed E-state index contributed by atoms with van der Waals surface area (Å²) in [5.74, 6) is 0. The van der Waals surface area contributed by atoms with Crippen LogP contribution in [0.2, 0.25) is 0 Å². The summed E-state index contributed by atoms with van der Waals surface area (Å²) in [6.07, 6.45) is 2.26. The van der Waals surface area contributed by atoms with E-state index in [0.29, 0.717) is 11.6 Å². The van der Waals surface area contributed by atoms with E-state index in [0.717, 1.165) is 36.1 Å². The van der Waals surface area contributed by atoms with E-state index in [4.69, 9.17) is 0 Å². The highest BCUT2D eigenvalue weighted by atomic mass is 79.9. The Hall–Kier alpha value is -0.610. The fraction of sp³-hybridized carbons (Fsp3) is 0.571. The molecule has 0 saturated carbocycles. The molecule has 0 aromatic heterocycles. The third-order valence-corrected chi connectivity index (χ3v) is 4.01. The predicted octanol–water partition coefficient (Wildman–Crippen LogP) is 3.82. The molecular formula is C14H20BrFN2. The summed E-state index contributed by atoms with van der Waals surface area (Å²) in [5, 5.41) is 6.86. The molecule has 0 aliphatic carbocycles. The molecule has 18 heavy (non-hydrogen) atoms. The molecule has 4 heteroatoms. The zero-order chi connectivity index (χ0) is 13.2. The maximum atomic E-state index is 13.8. The van der Waals surface area contributed by atoms with Crippen molar-refractivity contribution in [2.75, 3.05) is 18.4 Å². The number of anilines is 1. The lowest BCUT2D eigenvalue weighted by Gasteiger charge is -2.25. The van der Waals surface area contributed by atoms with Gasteiger partial charge in [-0.15, -0.1) is 0 Å². The van der Waals surface area contributed by atoms with Crippen molar-refractivity contribution >= 4 is 21.6 Å². The molecule has 1 aromatic carbocycles. The Balaban J connectivity index is 2.09. The smallest absolute Gasteiger partial charge is 0.130 e. The third kappa shape index (κ3) is 3.45. The van der Waals surface area contributed by atoms with Gasteiger partial charge in [0.1, 0.15) is 5.67 Å². The molecule has 1 saturated heterocycles. The standard InChI is InChI=1S/C14H20BrFN2/c1-14(2,16)10-3-4-13(12(15)9-10)18-11-5-7-17-8-6-11/h3-4,9,11,17-18H,5-8H2,1-2H3. The molecule has 1 fully saturated rings. The zero-order valence-electron chi connectivity index (χ0n) is 10.9. The van der Waals surface area contributed by atoms with Gasteiger partial charge in [0.05, 0.1) is 0 Å². The largest absolute Gasteiger partial charge is 0.381 e. The number of benzene rings is 1. The van der Waals surface area contributed by atoms with Crippen LogP contribution in [-0.2, 0) is 5.67 Å². The van der Waals surface area contributed by atoms with Crippen molar-refractivity contribution in [3.05, 3.63) is 28.2 Å². The van der Waals surface area contributed by atoms with E-state index >= 15 is 0 Å². The van der Waals surface area contributed by atoms with Gasteiger partial charge in [-0.25, -0.2) is 4.39 Å². The highest BCUT2D eigenvalue weighted by molar-refractivity contribution is 9.10. The molecule has 100 valence electrons. The molecule has 0 unspecified atom stereocenters. The van der Waals surface area contributed by atoms with E-state index in [-0.39, 0.29) is 0 Å². The van der Waals surface area contributed by atoms with Gasteiger partial charge in [-0.1, -0.05) is 6.07 Å². The normalized spacial score (nSPS) is 17.8. The number of halogens is 2. The van der Waals surface area contributed by atoms with Crippen LogP contribution in [0.4, 0.5) is 10.1 Å². The van der Waals surface area contributed by atoms with Gasteiger partial charge in [0, 0.05) is 16.2 Å². The number of nitrogens with one attached hydrogen (secondary N) is 2. The Bertz CT molecular complexity index is 409. The first-order chi connectivity index (χ1) is 8.47. The fourth-order valence-corrected chi connectivity index (χ4v) is 2.68. The first-order valence-corrected chi connectivity index (χ1v) is 7.22. The molecule has 2 rings (SSSR count). The number of hydrogen-bond acceptors (Lipinski definition) is 2. The summed E-state index contributed by atoms with van der Waals surface area (Å²) < 4.78 is 14.8. The molecule has 1 heterocycles. The van der Waals surface area contributed by atoms with Crippen LogP contribution in [0.15, 0.2) is 22.7 Å². The lowest BCUT2D eigenvalue weighted by Crippen LogP contribution is -2.35. The third-order valence-electron chi connectivity index (χ3n) is 3.35. The van der Waals surface area contributed by atoms with Crippen molar-refractivity contribution < 1.29 is 4.39 Å². The maximum Gasteiger partial charge on any atom is 0.130 e. The Labute approximate surface area is 116 Å². The molecule has 2 nitrogen and oxygen atoms in total. The Morgan fingerprint density at radius 2 is 2.00 bits per heavy atom. The van der Waals surface area contributed by atoms with Gasteiger partial charge in [0.2, 0.25) is 0 Å². The molecule has 1 aromatic rings. The number of piperidine rings is 1. The van der Waals surface area contributed by atoms with E-state index in [9.17, 15) is 4.39 Å².